The average molecular weight is 359 g/mol. The summed E-state index contributed by atoms with van der Waals surface area (Å²) in [5, 5.41) is 4.20. The number of benzene rings is 2. The minimum atomic E-state index is -0.270. The number of nitrogens with zero attached hydrogens (tertiary/aromatic N) is 3. The van der Waals surface area contributed by atoms with E-state index in [4.69, 9.17) is 5.73 Å². The zero-order chi connectivity index (χ0) is 18.8. The molecule has 0 bridgehead atoms. The van der Waals surface area contributed by atoms with Crippen LogP contribution in [0.2, 0.25) is 0 Å². The summed E-state index contributed by atoms with van der Waals surface area (Å²) in [6.07, 6.45) is 3.19. The molecule has 0 aliphatic carbocycles. The van der Waals surface area contributed by atoms with Crippen LogP contribution in [0.3, 0.4) is 0 Å². The van der Waals surface area contributed by atoms with E-state index in [1.165, 1.54) is 12.4 Å². The van der Waals surface area contributed by atoms with Crippen molar-refractivity contribution in [3.8, 4) is 11.1 Å². The number of rotatable bonds is 4. The summed E-state index contributed by atoms with van der Waals surface area (Å²) in [6, 6.07) is 16.0. The summed E-state index contributed by atoms with van der Waals surface area (Å²) >= 11 is 0. The molecular formula is C21H18FN5. The van der Waals surface area contributed by atoms with Crippen molar-refractivity contribution in [3.05, 3.63) is 78.5 Å². The zero-order valence-corrected chi connectivity index (χ0v) is 14.7. The van der Waals surface area contributed by atoms with Crippen molar-refractivity contribution in [1.29, 1.82) is 0 Å². The van der Waals surface area contributed by atoms with Gasteiger partial charge in [-0.15, -0.1) is 0 Å². The first-order chi connectivity index (χ1) is 13.1. The summed E-state index contributed by atoms with van der Waals surface area (Å²) in [7, 11) is 0. The highest BCUT2D eigenvalue weighted by atomic mass is 19.1. The highest BCUT2D eigenvalue weighted by molar-refractivity contribution is 5.96. The van der Waals surface area contributed by atoms with Crippen LogP contribution in [0.25, 0.3) is 22.0 Å². The molecule has 0 fully saturated rings. The monoisotopic (exact) mass is 359 g/mol. The van der Waals surface area contributed by atoms with Gasteiger partial charge in [0.25, 0.3) is 0 Å². The fourth-order valence-electron chi connectivity index (χ4n) is 3.20. The lowest BCUT2D eigenvalue weighted by molar-refractivity contribution is 0.631. The Bertz CT molecular complexity index is 1110. The van der Waals surface area contributed by atoms with Crippen LogP contribution in [-0.2, 0) is 0 Å². The summed E-state index contributed by atoms with van der Waals surface area (Å²) in [4.78, 5) is 12.7. The van der Waals surface area contributed by atoms with Gasteiger partial charge in [-0.3, -0.25) is 4.98 Å². The molecule has 0 radical (unpaired) electrons. The maximum atomic E-state index is 14.6. The van der Waals surface area contributed by atoms with Gasteiger partial charge in [-0.1, -0.05) is 36.4 Å². The predicted molar refractivity (Wildman–Crippen MR) is 106 cm³/mol. The van der Waals surface area contributed by atoms with E-state index >= 15 is 0 Å². The maximum absolute atomic E-state index is 14.6. The lowest BCUT2D eigenvalue weighted by atomic mass is 9.93. The molecule has 0 amide bonds. The van der Waals surface area contributed by atoms with Gasteiger partial charge in [0.05, 0.1) is 11.6 Å². The highest BCUT2D eigenvalue weighted by Gasteiger charge is 2.18. The summed E-state index contributed by atoms with van der Waals surface area (Å²) in [6.45, 7) is 1.98. The van der Waals surface area contributed by atoms with Gasteiger partial charge >= 0.3 is 0 Å². The Kier molecular flexibility index (Phi) is 4.38. The quantitative estimate of drug-likeness (QED) is 0.557. The molecule has 6 heteroatoms. The van der Waals surface area contributed by atoms with Crippen LogP contribution in [0.5, 0.6) is 0 Å². The van der Waals surface area contributed by atoms with Gasteiger partial charge in [-0.25, -0.2) is 14.4 Å². The fraction of sp³-hybridized carbons (Fsp3) is 0.0952. The van der Waals surface area contributed by atoms with Gasteiger partial charge in [0.2, 0.25) is 0 Å². The standard InChI is InChI=1S/C21H18FN5/c1-13(27-20-10-19(23)25-12-26-20)16-11-24-18-9-5-3-7-15(18)21(16)14-6-2-4-8-17(14)22/h2-13H,1H3,(H3,23,25,26,27). The number of hydrogen-bond acceptors (Lipinski definition) is 5. The predicted octanol–water partition coefficient (Wildman–Crippen LogP) is 4.59. The minimum absolute atomic E-state index is 0.175. The van der Waals surface area contributed by atoms with Crippen LogP contribution in [0, 0.1) is 5.82 Å². The van der Waals surface area contributed by atoms with Crippen molar-refractivity contribution in [2.75, 3.05) is 11.1 Å². The third kappa shape index (κ3) is 3.29. The third-order valence-electron chi connectivity index (χ3n) is 4.47. The Morgan fingerprint density at radius 3 is 2.59 bits per heavy atom. The molecule has 0 aliphatic rings. The van der Waals surface area contributed by atoms with Crippen LogP contribution in [0.4, 0.5) is 16.0 Å². The molecule has 3 N–H and O–H groups in total. The van der Waals surface area contributed by atoms with Crippen molar-refractivity contribution in [3.63, 3.8) is 0 Å². The van der Waals surface area contributed by atoms with Crippen molar-refractivity contribution in [2.45, 2.75) is 13.0 Å². The van der Waals surface area contributed by atoms with Crippen molar-refractivity contribution >= 4 is 22.5 Å². The molecule has 0 saturated carbocycles. The number of nitrogens with one attached hydrogen (secondary N) is 1. The first-order valence-electron chi connectivity index (χ1n) is 8.60. The summed E-state index contributed by atoms with van der Waals surface area (Å²) in [5.74, 6) is 0.710. The Hall–Kier alpha value is -3.54. The van der Waals surface area contributed by atoms with Gasteiger partial charge < -0.3 is 11.1 Å². The Morgan fingerprint density at radius 1 is 1.00 bits per heavy atom. The zero-order valence-electron chi connectivity index (χ0n) is 14.7. The van der Waals surface area contributed by atoms with Crippen LogP contribution in [-0.4, -0.2) is 15.0 Å². The summed E-state index contributed by atoms with van der Waals surface area (Å²) in [5.41, 5.74) is 8.79. The topological polar surface area (TPSA) is 76.7 Å². The number of pyridine rings is 1. The van der Waals surface area contributed by atoms with Crippen molar-refractivity contribution < 1.29 is 4.39 Å². The first-order valence-corrected chi connectivity index (χ1v) is 8.60. The normalized spacial score (nSPS) is 12.1. The molecule has 5 nitrogen and oxygen atoms in total. The molecule has 4 rings (SSSR count). The van der Waals surface area contributed by atoms with E-state index < -0.39 is 0 Å². The number of nitrogens with two attached hydrogens (primary N) is 1. The number of halogens is 1. The largest absolute Gasteiger partial charge is 0.384 e. The van der Waals surface area contributed by atoms with Crippen LogP contribution in [0.15, 0.2) is 67.1 Å². The molecular weight excluding hydrogens is 341 g/mol. The van der Waals surface area contributed by atoms with E-state index in [0.29, 0.717) is 17.2 Å². The molecule has 0 spiro atoms. The Labute approximate surface area is 156 Å². The lowest BCUT2D eigenvalue weighted by Crippen LogP contribution is -2.11. The second-order valence-corrected chi connectivity index (χ2v) is 6.28. The third-order valence-corrected chi connectivity index (χ3v) is 4.47. The van der Waals surface area contributed by atoms with E-state index in [9.17, 15) is 4.39 Å². The molecule has 1 unspecified atom stereocenters. The second kappa shape index (κ2) is 6.99. The molecule has 0 aliphatic heterocycles. The van der Waals surface area contributed by atoms with Crippen molar-refractivity contribution in [1.82, 2.24) is 15.0 Å². The van der Waals surface area contributed by atoms with E-state index in [2.05, 4.69) is 20.3 Å². The first kappa shape index (κ1) is 16.9. The van der Waals surface area contributed by atoms with Gasteiger partial charge in [0.1, 0.15) is 23.8 Å². The molecule has 134 valence electrons. The molecule has 4 aromatic rings. The smallest absolute Gasteiger partial charge is 0.131 e. The number of para-hydroxylation sites is 1. The van der Waals surface area contributed by atoms with Gasteiger partial charge in [0, 0.05) is 34.3 Å². The van der Waals surface area contributed by atoms with E-state index in [1.807, 2.05) is 37.3 Å². The molecule has 27 heavy (non-hydrogen) atoms. The number of fused-ring (bicyclic) bond motifs is 1. The fourth-order valence-corrected chi connectivity index (χ4v) is 3.20. The molecule has 2 aromatic heterocycles. The number of anilines is 2. The van der Waals surface area contributed by atoms with Gasteiger partial charge in [0.15, 0.2) is 0 Å². The molecule has 1 atom stereocenters. The summed E-state index contributed by atoms with van der Waals surface area (Å²) < 4.78 is 14.6. The Balaban J connectivity index is 1.87. The number of aromatic nitrogens is 3. The van der Waals surface area contributed by atoms with Crippen LogP contribution >= 0.6 is 0 Å². The molecule has 2 aromatic carbocycles. The molecule has 0 saturated heterocycles. The van der Waals surface area contributed by atoms with Gasteiger partial charge in [-0.2, -0.15) is 0 Å². The Morgan fingerprint density at radius 2 is 1.78 bits per heavy atom. The van der Waals surface area contributed by atoms with Crippen LogP contribution < -0.4 is 11.1 Å². The number of nitrogen functional groups attached to an aromatic ring is 1. The van der Waals surface area contributed by atoms with Crippen LogP contribution in [0.1, 0.15) is 18.5 Å². The highest BCUT2D eigenvalue weighted by Crippen LogP contribution is 2.36. The SMILES string of the molecule is CC(Nc1cc(N)ncn1)c1cnc2ccccc2c1-c1ccccc1F. The maximum Gasteiger partial charge on any atom is 0.131 e. The van der Waals surface area contributed by atoms with E-state index in [-0.39, 0.29) is 11.9 Å². The average Bonchev–Trinajstić information content (AvgIpc) is 2.67. The van der Waals surface area contributed by atoms with Crippen molar-refractivity contribution in [2.24, 2.45) is 0 Å². The van der Waals surface area contributed by atoms with E-state index in [0.717, 1.165) is 22.0 Å². The lowest BCUT2D eigenvalue weighted by Gasteiger charge is -2.20. The second-order valence-electron chi connectivity index (χ2n) is 6.28. The van der Waals surface area contributed by atoms with Gasteiger partial charge in [-0.05, 0) is 19.1 Å². The van der Waals surface area contributed by atoms with E-state index in [1.54, 1.807) is 24.4 Å². The molecule has 2 heterocycles. The minimum Gasteiger partial charge on any atom is -0.384 e. The number of hydrogen-bond donors (Lipinski definition) is 2.